The van der Waals surface area contributed by atoms with Crippen molar-refractivity contribution >= 4 is 39.6 Å². The molecule has 6 aromatic rings. The highest BCUT2D eigenvalue weighted by molar-refractivity contribution is 5.94. The highest BCUT2D eigenvalue weighted by Gasteiger charge is 2.42. The molecule has 3 aliphatic rings. The van der Waals surface area contributed by atoms with Crippen LogP contribution in [0.5, 0.6) is 5.75 Å². The minimum atomic E-state index is -3.20. The number of anilines is 2. The Balaban J connectivity index is 0.00000143. The molecular formula is C38H37F5N10O3. The Morgan fingerprint density at radius 2 is 1.88 bits per heavy atom. The first-order valence-corrected chi connectivity index (χ1v) is 18.2. The lowest BCUT2D eigenvalue weighted by Crippen LogP contribution is -2.48. The van der Waals surface area contributed by atoms with Crippen LogP contribution in [0, 0.1) is 18.6 Å². The monoisotopic (exact) mass is 776 g/mol. The number of nitrogens with one attached hydrogen (secondary N) is 1. The molecule has 56 heavy (non-hydrogen) atoms. The van der Waals surface area contributed by atoms with Gasteiger partial charge in [-0.3, -0.25) is 9.18 Å². The number of rotatable bonds is 4. The summed E-state index contributed by atoms with van der Waals surface area (Å²) in [5, 5.41) is 8.36. The quantitative estimate of drug-likeness (QED) is 0.211. The molecule has 1 N–H and O–H groups in total. The van der Waals surface area contributed by atoms with Gasteiger partial charge in [-0.2, -0.15) is 13.9 Å². The molecule has 2 fully saturated rings. The first kappa shape index (κ1) is 37.0. The van der Waals surface area contributed by atoms with Crippen molar-refractivity contribution < 1.29 is 36.2 Å². The van der Waals surface area contributed by atoms with Gasteiger partial charge in [-0.1, -0.05) is 6.07 Å². The van der Waals surface area contributed by atoms with Crippen LogP contribution in [-0.2, 0) is 16.1 Å². The number of hydrogen-bond acceptors (Lipinski definition) is 10. The van der Waals surface area contributed by atoms with Gasteiger partial charge in [0.2, 0.25) is 5.91 Å². The molecule has 292 valence electrons. The van der Waals surface area contributed by atoms with E-state index in [4.69, 9.17) is 9.72 Å². The van der Waals surface area contributed by atoms with E-state index in [2.05, 4.69) is 30.1 Å². The molecule has 6 bridgehead atoms. The van der Waals surface area contributed by atoms with Crippen molar-refractivity contribution in [1.29, 1.82) is 0 Å². The highest BCUT2D eigenvalue weighted by atomic mass is 19.3. The predicted molar refractivity (Wildman–Crippen MR) is 197 cm³/mol. The number of ether oxygens (including phenoxy) is 2. The molecule has 1 amide bonds. The zero-order valence-electron chi connectivity index (χ0n) is 30.4. The summed E-state index contributed by atoms with van der Waals surface area (Å²) < 4.78 is 80.2. The SMILES string of the molecule is CCF.Cc1nc2cc(F)cc3c2n1CC1CN(CCCO1)C(=O)C1CC(CN1c1ncnc2c1cnn2-c1ccc(F)cc1OC(F)F)Nc1cccc-3n1. The van der Waals surface area contributed by atoms with Crippen LogP contribution in [0.15, 0.2) is 61.1 Å². The highest BCUT2D eigenvalue weighted by Crippen LogP contribution is 2.36. The molecule has 3 unspecified atom stereocenters. The zero-order chi connectivity index (χ0) is 39.1. The molecule has 0 saturated carbocycles. The fraction of sp³-hybridized carbons (Fsp3) is 0.368. The summed E-state index contributed by atoms with van der Waals surface area (Å²) in [4.78, 5) is 37.0. The number of aryl methyl sites for hydroxylation is 1. The summed E-state index contributed by atoms with van der Waals surface area (Å²) >= 11 is 0. The molecule has 0 spiro atoms. The normalized spacial score (nSPS) is 19.6. The number of alkyl halides is 3. The van der Waals surface area contributed by atoms with E-state index in [9.17, 15) is 22.4 Å². The van der Waals surface area contributed by atoms with E-state index in [0.717, 1.165) is 17.6 Å². The molecule has 13 nitrogen and oxygen atoms in total. The minimum Gasteiger partial charge on any atom is -0.432 e. The molecule has 7 heterocycles. The number of hydrogen-bond donors (Lipinski definition) is 1. The van der Waals surface area contributed by atoms with Crippen LogP contribution in [-0.4, -0.2) is 103 Å². The van der Waals surface area contributed by atoms with Crippen LogP contribution in [0.3, 0.4) is 0 Å². The topological polar surface area (TPSA) is 128 Å². The number of carbonyl (C=O) groups excluding carboxylic acids is 1. The maximum absolute atomic E-state index is 15.0. The number of halogens is 5. The second-order valence-corrected chi connectivity index (χ2v) is 13.6. The Hall–Kier alpha value is -5.91. The fourth-order valence-corrected chi connectivity index (χ4v) is 7.76. The molecule has 18 heteroatoms. The molecule has 3 aliphatic heterocycles. The van der Waals surface area contributed by atoms with Crippen molar-refractivity contribution in [3.05, 3.63) is 78.5 Å². The van der Waals surface area contributed by atoms with Crippen LogP contribution in [0.2, 0.25) is 0 Å². The van der Waals surface area contributed by atoms with Crippen molar-refractivity contribution in [3.8, 4) is 22.7 Å². The van der Waals surface area contributed by atoms with Crippen molar-refractivity contribution in [2.24, 2.45) is 0 Å². The summed E-state index contributed by atoms with van der Waals surface area (Å²) in [5.41, 5.74) is 2.70. The Kier molecular flexibility index (Phi) is 10.1. The lowest BCUT2D eigenvalue weighted by atomic mass is 10.1. The second-order valence-electron chi connectivity index (χ2n) is 13.6. The Morgan fingerprint density at radius 3 is 2.70 bits per heavy atom. The van der Waals surface area contributed by atoms with Crippen molar-refractivity contribution in [1.82, 2.24) is 39.2 Å². The smallest absolute Gasteiger partial charge is 0.387 e. The number of nitrogens with zero attached hydrogens (tertiary/aromatic N) is 9. The van der Waals surface area contributed by atoms with Gasteiger partial charge in [0.05, 0.1) is 47.6 Å². The van der Waals surface area contributed by atoms with E-state index in [1.54, 1.807) is 0 Å². The van der Waals surface area contributed by atoms with E-state index in [0.29, 0.717) is 85.2 Å². The van der Waals surface area contributed by atoms with Crippen molar-refractivity contribution in [2.75, 3.05) is 43.1 Å². The van der Waals surface area contributed by atoms with Gasteiger partial charge >= 0.3 is 6.61 Å². The van der Waals surface area contributed by atoms with E-state index in [1.165, 1.54) is 42.3 Å². The van der Waals surface area contributed by atoms with Gasteiger partial charge in [-0.05, 0) is 57.0 Å². The predicted octanol–water partition coefficient (Wildman–Crippen LogP) is 6.08. The zero-order valence-corrected chi connectivity index (χ0v) is 30.4. The van der Waals surface area contributed by atoms with Crippen LogP contribution in [0.4, 0.5) is 33.6 Å². The van der Waals surface area contributed by atoms with Crippen LogP contribution in [0.25, 0.3) is 39.0 Å². The summed E-state index contributed by atoms with van der Waals surface area (Å²) in [6, 6.07) is 10.7. The fourth-order valence-electron chi connectivity index (χ4n) is 7.76. The van der Waals surface area contributed by atoms with E-state index < -0.39 is 30.0 Å². The summed E-state index contributed by atoms with van der Waals surface area (Å²) in [5.74, 6) is -0.0767. The van der Waals surface area contributed by atoms with E-state index >= 15 is 4.39 Å². The minimum absolute atomic E-state index is 0.0507. The standard InChI is InChI=1S/C36H32F4N10O3.C2H5F/c1-19-44-27-11-21(38)10-24-26-4-2-5-31(46-26)45-22-13-29(35(51)47-8-3-9-52-23(16-47)17-48(19)32(24)27)49(15-22)33-25-14-43-50(34(25)42-18-41-33)28-7-6-20(37)12-30(28)53-36(39)40;1-2-3/h2,4-7,10-12,14,18,22-23,29,36H,3,8-9,13,15-17H2,1H3,(H,45,46);2H2,1H3. The van der Waals surface area contributed by atoms with Crippen LogP contribution >= 0.6 is 0 Å². The van der Waals surface area contributed by atoms with Gasteiger partial charge in [-0.15, -0.1) is 0 Å². The van der Waals surface area contributed by atoms with Gasteiger partial charge in [0.15, 0.2) is 11.4 Å². The van der Waals surface area contributed by atoms with E-state index in [1.807, 2.05) is 39.5 Å². The number of imidazole rings is 1. The maximum atomic E-state index is 15.0. The molecule has 0 aliphatic carbocycles. The average molecular weight is 777 g/mol. The van der Waals surface area contributed by atoms with Crippen LogP contribution < -0.4 is 15.0 Å². The van der Waals surface area contributed by atoms with Gasteiger partial charge in [-0.25, -0.2) is 33.4 Å². The average Bonchev–Trinajstić information content (AvgIpc) is 3.81. The molecule has 9 rings (SSSR count). The number of pyridine rings is 1. The van der Waals surface area contributed by atoms with Gasteiger partial charge in [0.1, 0.15) is 47.2 Å². The lowest BCUT2D eigenvalue weighted by Gasteiger charge is -2.31. The number of carbonyl (C=O) groups is 1. The number of amides is 1. The molecule has 2 saturated heterocycles. The maximum Gasteiger partial charge on any atom is 0.387 e. The first-order valence-electron chi connectivity index (χ1n) is 18.2. The van der Waals surface area contributed by atoms with Crippen molar-refractivity contribution in [3.63, 3.8) is 0 Å². The largest absolute Gasteiger partial charge is 0.432 e. The molecular weight excluding hydrogens is 739 g/mol. The summed E-state index contributed by atoms with van der Waals surface area (Å²) in [6.45, 7) is 1.84. The van der Waals surface area contributed by atoms with Crippen LogP contribution in [0.1, 0.15) is 25.6 Å². The summed E-state index contributed by atoms with van der Waals surface area (Å²) in [6.07, 6.45) is 3.45. The van der Waals surface area contributed by atoms with Crippen molar-refractivity contribution in [2.45, 2.75) is 58.0 Å². The molecule has 0 radical (unpaired) electrons. The second kappa shape index (κ2) is 15.3. The molecule has 4 aromatic heterocycles. The van der Waals surface area contributed by atoms with Gasteiger partial charge in [0, 0.05) is 50.0 Å². The third-order valence-corrected chi connectivity index (χ3v) is 9.99. The summed E-state index contributed by atoms with van der Waals surface area (Å²) in [7, 11) is 0. The third-order valence-electron chi connectivity index (χ3n) is 9.99. The molecule has 3 atom stereocenters. The Bertz CT molecular complexity index is 2410. The van der Waals surface area contributed by atoms with Gasteiger partial charge < -0.3 is 29.2 Å². The lowest BCUT2D eigenvalue weighted by molar-refractivity contribution is -0.133. The Labute approximate surface area is 317 Å². The molecule has 2 aromatic carbocycles. The third kappa shape index (κ3) is 7.04. The number of benzene rings is 2. The number of aromatic nitrogens is 7. The first-order chi connectivity index (χ1) is 27.1. The van der Waals surface area contributed by atoms with Gasteiger partial charge in [0.25, 0.3) is 0 Å². The Morgan fingerprint density at radius 1 is 1.04 bits per heavy atom. The van der Waals surface area contributed by atoms with E-state index in [-0.39, 0.29) is 36.1 Å². The number of fused-ring (bicyclic) bond motifs is 8.